The second-order valence-corrected chi connectivity index (χ2v) is 3.45. The van der Waals surface area contributed by atoms with Gasteiger partial charge in [-0.3, -0.25) is 0 Å². The summed E-state index contributed by atoms with van der Waals surface area (Å²) in [5.41, 5.74) is 5.42. The van der Waals surface area contributed by atoms with Crippen LogP contribution in [0.25, 0.3) is 0 Å². The molecule has 0 spiro atoms. The van der Waals surface area contributed by atoms with Crippen LogP contribution in [-0.4, -0.2) is 23.1 Å². The summed E-state index contributed by atoms with van der Waals surface area (Å²) in [4.78, 5) is 9.44. The Balaban J connectivity index is 2.24. The first kappa shape index (κ1) is 9.18. The van der Waals surface area contributed by atoms with Gasteiger partial charge in [0.25, 0.3) is 0 Å². The second-order valence-electron chi connectivity index (χ2n) is 3.45. The van der Waals surface area contributed by atoms with E-state index in [2.05, 4.69) is 9.97 Å². The average molecular weight is 196 g/mol. The number of nitrogens with zero attached hydrogens (tertiary/aromatic N) is 3. The first-order valence-corrected chi connectivity index (χ1v) is 4.80. The topological polar surface area (TPSA) is 55.0 Å². The van der Waals surface area contributed by atoms with Crippen molar-refractivity contribution in [1.29, 1.82) is 0 Å². The molecule has 2 N–H and O–H groups in total. The largest absolute Gasteiger partial charge is 0.368 e. The van der Waals surface area contributed by atoms with Gasteiger partial charge in [-0.15, -0.1) is 0 Å². The van der Waals surface area contributed by atoms with E-state index in [9.17, 15) is 4.39 Å². The maximum Gasteiger partial charge on any atom is 0.222 e. The summed E-state index contributed by atoms with van der Waals surface area (Å²) in [5.74, 6) is 0.0882. The van der Waals surface area contributed by atoms with Gasteiger partial charge in [0.2, 0.25) is 5.95 Å². The fourth-order valence-electron chi connectivity index (χ4n) is 1.70. The maximum atomic E-state index is 13.3. The molecule has 0 atom stereocenters. The minimum Gasteiger partial charge on any atom is -0.368 e. The Morgan fingerprint density at radius 1 is 1.29 bits per heavy atom. The zero-order chi connectivity index (χ0) is 9.97. The Hall–Kier alpha value is -1.39. The van der Waals surface area contributed by atoms with Gasteiger partial charge in [0.1, 0.15) is 0 Å². The Bertz CT molecular complexity index is 323. The number of rotatable bonds is 1. The van der Waals surface area contributed by atoms with Crippen LogP contribution in [-0.2, 0) is 0 Å². The molecular weight excluding hydrogens is 183 g/mol. The van der Waals surface area contributed by atoms with Gasteiger partial charge in [0.15, 0.2) is 11.6 Å². The molecule has 76 valence electrons. The predicted molar refractivity (Wildman–Crippen MR) is 52.5 cm³/mol. The van der Waals surface area contributed by atoms with Gasteiger partial charge < -0.3 is 10.6 Å². The zero-order valence-electron chi connectivity index (χ0n) is 7.91. The number of halogens is 1. The summed E-state index contributed by atoms with van der Waals surface area (Å²) in [5, 5.41) is 0. The number of piperidine rings is 1. The molecule has 1 aromatic rings. The molecule has 0 aromatic carbocycles. The van der Waals surface area contributed by atoms with Gasteiger partial charge in [-0.1, -0.05) is 0 Å². The fourth-order valence-corrected chi connectivity index (χ4v) is 1.70. The smallest absolute Gasteiger partial charge is 0.222 e. The Labute approximate surface area is 82.0 Å². The lowest BCUT2D eigenvalue weighted by Gasteiger charge is -2.27. The van der Waals surface area contributed by atoms with E-state index in [4.69, 9.17) is 5.73 Å². The molecule has 14 heavy (non-hydrogen) atoms. The molecule has 0 bridgehead atoms. The van der Waals surface area contributed by atoms with Crippen molar-refractivity contribution < 1.29 is 4.39 Å². The van der Waals surface area contributed by atoms with E-state index in [0.717, 1.165) is 32.1 Å². The number of hydrogen-bond donors (Lipinski definition) is 1. The highest BCUT2D eigenvalue weighted by atomic mass is 19.1. The lowest BCUT2D eigenvalue weighted by atomic mass is 10.1. The molecule has 1 fully saturated rings. The van der Waals surface area contributed by atoms with Crippen molar-refractivity contribution in [2.45, 2.75) is 19.3 Å². The molecule has 4 nitrogen and oxygen atoms in total. The molecule has 0 saturated carbocycles. The maximum absolute atomic E-state index is 13.3. The quantitative estimate of drug-likeness (QED) is 0.733. The molecule has 1 aliphatic heterocycles. The van der Waals surface area contributed by atoms with Crippen LogP contribution in [0.4, 0.5) is 16.2 Å². The average Bonchev–Trinajstić information content (AvgIpc) is 2.23. The molecule has 2 rings (SSSR count). The van der Waals surface area contributed by atoms with Crippen LogP contribution in [0.15, 0.2) is 6.20 Å². The molecule has 0 aliphatic carbocycles. The zero-order valence-corrected chi connectivity index (χ0v) is 7.91. The lowest BCUT2D eigenvalue weighted by Crippen LogP contribution is -2.31. The third kappa shape index (κ3) is 1.76. The number of nitrogens with two attached hydrogens (primary N) is 1. The lowest BCUT2D eigenvalue weighted by molar-refractivity contribution is 0.547. The Morgan fingerprint density at radius 2 is 2.00 bits per heavy atom. The highest BCUT2D eigenvalue weighted by Gasteiger charge is 2.16. The molecule has 1 aromatic heterocycles. The molecule has 1 saturated heterocycles. The van der Waals surface area contributed by atoms with Crippen LogP contribution in [0.5, 0.6) is 0 Å². The van der Waals surface area contributed by atoms with Gasteiger partial charge in [0.05, 0.1) is 6.20 Å². The highest BCUT2D eigenvalue weighted by Crippen LogP contribution is 2.20. The highest BCUT2D eigenvalue weighted by molar-refractivity contribution is 5.42. The van der Waals surface area contributed by atoms with E-state index in [1.165, 1.54) is 6.42 Å². The minimum atomic E-state index is -0.388. The van der Waals surface area contributed by atoms with Crippen molar-refractivity contribution in [1.82, 2.24) is 9.97 Å². The molecule has 0 unspecified atom stereocenters. The Morgan fingerprint density at radius 3 is 2.71 bits per heavy atom. The van der Waals surface area contributed by atoms with Crippen LogP contribution in [0.1, 0.15) is 19.3 Å². The van der Waals surface area contributed by atoms with Crippen LogP contribution >= 0.6 is 0 Å². The normalized spacial score (nSPS) is 17.1. The summed E-state index contributed by atoms with van der Waals surface area (Å²) in [6.45, 7) is 1.71. The van der Waals surface area contributed by atoms with Crippen molar-refractivity contribution in [2.24, 2.45) is 0 Å². The molecule has 5 heteroatoms. The summed E-state index contributed by atoms with van der Waals surface area (Å²) >= 11 is 0. The first-order chi connectivity index (χ1) is 6.77. The summed E-state index contributed by atoms with van der Waals surface area (Å²) < 4.78 is 13.3. The SMILES string of the molecule is Nc1ncc(F)c(N2CCCCC2)n1. The monoisotopic (exact) mass is 196 g/mol. The van der Waals surface area contributed by atoms with Gasteiger partial charge in [-0.05, 0) is 19.3 Å². The van der Waals surface area contributed by atoms with Gasteiger partial charge >= 0.3 is 0 Å². The van der Waals surface area contributed by atoms with Crippen molar-refractivity contribution in [3.05, 3.63) is 12.0 Å². The molecule has 0 radical (unpaired) electrons. The molecular formula is C9H13FN4. The van der Waals surface area contributed by atoms with E-state index in [-0.39, 0.29) is 11.8 Å². The van der Waals surface area contributed by atoms with Crippen molar-refractivity contribution in [3.63, 3.8) is 0 Å². The van der Waals surface area contributed by atoms with Crippen molar-refractivity contribution in [2.75, 3.05) is 23.7 Å². The van der Waals surface area contributed by atoms with Crippen LogP contribution in [0.3, 0.4) is 0 Å². The minimum absolute atomic E-state index is 0.131. The van der Waals surface area contributed by atoms with Crippen molar-refractivity contribution in [3.8, 4) is 0 Å². The Kier molecular flexibility index (Phi) is 2.47. The summed E-state index contributed by atoms with van der Waals surface area (Å²) in [7, 11) is 0. The summed E-state index contributed by atoms with van der Waals surface area (Å²) in [6, 6.07) is 0. The predicted octanol–water partition coefficient (Wildman–Crippen LogP) is 1.19. The molecule has 0 amide bonds. The van der Waals surface area contributed by atoms with E-state index in [1.807, 2.05) is 4.90 Å². The fraction of sp³-hybridized carbons (Fsp3) is 0.556. The van der Waals surface area contributed by atoms with Gasteiger partial charge in [-0.2, -0.15) is 4.98 Å². The number of hydrogen-bond acceptors (Lipinski definition) is 4. The van der Waals surface area contributed by atoms with E-state index < -0.39 is 0 Å². The van der Waals surface area contributed by atoms with Gasteiger partial charge in [0, 0.05) is 13.1 Å². The first-order valence-electron chi connectivity index (χ1n) is 4.80. The van der Waals surface area contributed by atoms with Crippen LogP contribution in [0, 0.1) is 5.82 Å². The van der Waals surface area contributed by atoms with Crippen LogP contribution < -0.4 is 10.6 Å². The van der Waals surface area contributed by atoms with E-state index >= 15 is 0 Å². The summed E-state index contributed by atoms with van der Waals surface area (Å²) in [6.07, 6.45) is 4.51. The number of anilines is 2. The third-order valence-corrected chi connectivity index (χ3v) is 2.40. The third-order valence-electron chi connectivity index (χ3n) is 2.40. The molecule has 2 heterocycles. The number of nitrogen functional groups attached to an aromatic ring is 1. The number of aromatic nitrogens is 2. The second kappa shape index (κ2) is 3.77. The molecule has 1 aliphatic rings. The van der Waals surface area contributed by atoms with Crippen LogP contribution in [0.2, 0.25) is 0 Å². The van der Waals surface area contributed by atoms with Crippen molar-refractivity contribution >= 4 is 11.8 Å². The van der Waals surface area contributed by atoms with Gasteiger partial charge in [-0.25, -0.2) is 9.37 Å². The van der Waals surface area contributed by atoms with E-state index in [1.54, 1.807) is 0 Å². The standard InChI is InChI=1S/C9H13FN4/c10-7-6-12-9(11)13-8(7)14-4-2-1-3-5-14/h6H,1-5H2,(H2,11,12,13). The van der Waals surface area contributed by atoms with E-state index in [0.29, 0.717) is 5.82 Å².